The van der Waals surface area contributed by atoms with E-state index in [-0.39, 0.29) is 24.7 Å². The van der Waals surface area contributed by atoms with Crippen LogP contribution in [-0.2, 0) is 13.2 Å². The first-order valence-electron chi connectivity index (χ1n) is 9.24. The van der Waals surface area contributed by atoms with Gasteiger partial charge in [0.05, 0.1) is 13.2 Å². The topological polar surface area (TPSA) is 79.4 Å². The highest BCUT2D eigenvalue weighted by Gasteiger charge is 2.15. The van der Waals surface area contributed by atoms with E-state index in [0.717, 1.165) is 23.8 Å². The molecule has 0 radical (unpaired) electrons. The largest absolute Gasteiger partial charge is 0.392 e. The van der Waals surface area contributed by atoms with E-state index < -0.39 is 11.6 Å². The number of hydrogen-bond acceptors (Lipinski definition) is 5. The Kier molecular flexibility index (Phi) is 5.39. The van der Waals surface area contributed by atoms with E-state index in [4.69, 9.17) is 4.52 Å². The maximum Gasteiger partial charge on any atom is 0.258 e. The van der Waals surface area contributed by atoms with Gasteiger partial charge in [-0.05, 0) is 65.6 Å². The Morgan fingerprint density at radius 2 is 1.60 bits per heavy atom. The van der Waals surface area contributed by atoms with Gasteiger partial charge in [-0.3, -0.25) is 0 Å². The maximum atomic E-state index is 14.1. The first-order chi connectivity index (χ1) is 14.5. The molecule has 0 saturated heterocycles. The standard InChI is InChI=1S/C23H18F2N2O3/c1-13-8-15(4-6-19(13)20-10-18(24)5-7-21(20)25)23-26-22(27-30-23)14-2-3-16(11-28)17(9-14)12-29/h2-10,28-29H,11-12H2,1H3. The summed E-state index contributed by atoms with van der Waals surface area (Å²) >= 11 is 0. The predicted molar refractivity (Wildman–Crippen MR) is 107 cm³/mol. The number of nitrogens with zero attached hydrogens (tertiary/aromatic N) is 2. The second-order valence-electron chi connectivity index (χ2n) is 6.88. The second kappa shape index (κ2) is 8.14. The summed E-state index contributed by atoms with van der Waals surface area (Å²) in [5, 5.41) is 22.8. The normalized spacial score (nSPS) is 11.1. The van der Waals surface area contributed by atoms with Crippen LogP contribution in [0.15, 0.2) is 59.1 Å². The number of aryl methyl sites for hydroxylation is 1. The lowest BCUT2D eigenvalue weighted by Gasteiger charge is -2.08. The summed E-state index contributed by atoms with van der Waals surface area (Å²) in [6, 6.07) is 13.6. The number of rotatable bonds is 5. The van der Waals surface area contributed by atoms with E-state index in [1.165, 1.54) is 0 Å². The van der Waals surface area contributed by atoms with Crippen LogP contribution in [0.4, 0.5) is 8.78 Å². The van der Waals surface area contributed by atoms with Gasteiger partial charge in [-0.25, -0.2) is 8.78 Å². The third-order valence-electron chi connectivity index (χ3n) is 4.92. The van der Waals surface area contributed by atoms with E-state index in [2.05, 4.69) is 10.1 Å². The van der Waals surface area contributed by atoms with Gasteiger partial charge in [0, 0.05) is 16.7 Å². The van der Waals surface area contributed by atoms with Gasteiger partial charge in [0.1, 0.15) is 11.6 Å². The molecule has 4 rings (SSSR count). The highest BCUT2D eigenvalue weighted by Crippen LogP contribution is 2.31. The van der Waals surface area contributed by atoms with Crippen LogP contribution in [-0.4, -0.2) is 20.4 Å². The first kappa shape index (κ1) is 19.9. The van der Waals surface area contributed by atoms with E-state index >= 15 is 0 Å². The summed E-state index contributed by atoms with van der Waals surface area (Å²) in [6.45, 7) is 1.40. The summed E-state index contributed by atoms with van der Waals surface area (Å²) in [6.07, 6.45) is 0. The molecular formula is C23H18F2N2O3. The fourth-order valence-electron chi connectivity index (χ4n) is 3.33. The second-order valence-corrected chi connectivity index (χ2v) is 6.88. The number of halogens is 2. The molecule has 0 spiro atoms. The Balaban J connectivity index is 1.67. The molecule has 2 N–H and O–H groups in total. The molecule has 1 heterocycles. The summed E-state index contributed by atoms with van der Waals surface area (Å²) in [7, 11) is 0. The summed E-state index contributed by atoms with van der Waals surface area (Å²) in [5.41, 5.74) is 3.97. The van der Waals surface area contributed by atoms with Crippen LogP contribution in [0.3, 0.4) is 0 Å². The molecule has 1 aromatic heterocycles. The Morgan fingerprint density at radius 1 is 0.833 bits per heavy atom. The van der Waals surface area contributed by atoms with Crippen molar-refractivity contribution < 1.29 is 23.5 Å². The molecular weight excluding hydrogens is 390 g/mol. The molecule has 0 bridgehead atoms. The Labute approximate surface area is 171 Å². The third kappa shape index (κ3) is 3.72. The highest BCUT2D eigenvalue weighted by atomic mass is 19.1. The molecule has 3 aromatic carbocycles. The summed E-state index contributed by atoms with van der Waals surface area (Å²) in [5.74, 6) is -0.400. The van der Waals surface area contributed by atoms with Gasteiger partial charge in [0.15, 0.2) is 0 Å². The zero-order chi connectivity index (χ0) is 21.3. The van der Waals surface area contributed by atoms with E-state index in [1.54, 1.807) is 43.3 Å². The minimum absolute atomic E-state index is 0.175. The summed E-state index contributed by atoms with van der Waals surface area (Å²) in [4.78, 5) is 4.40. The molecule has 4 aromatic rings. The van der Waals surface area contributed by atoms with Crippen molar-refractivity contribution in [2.45, 2.75) is 20.1 Å². The Bertz CT molecular complexity index is 1220. The molecule has 0 aliphatic heterocycles. The fourth-order valence-corrected chi connectivity index (χ4v) is 3.33. The number of benzene rings is 3. The monoisotopic (exact) mass is 408 g/mol. The fraction of sp³-hybridized carbons (Fsp3) is 0.130. The van der Waals surface area contributed by atoms with Crippen molar-refractivity contribution in [3.05, 3.63) is 82.9 Å². The Morgan fingerprint density at radius 3 is 2.33 bits per heavy atom. The zero-order valence-electron chi connectivity index (χ0n) is 16.1. The Hall–Kier alpha value is -3.42. The van der Waals surface area contributed by atoms with Crippen LogP contribution < -0.4 is 0 Å². The molecule has 30 heavy (non-hydrogen) atoms. The van der Waals surface area contributed by atoms with Crippen molar-refractivity contribution >= 4 is 0 Å². The quantitative estimate of drug-likeness (QED) is 0.503. The van der Waals surface area contributed by atoms with Crippen molar-refractivity contribution in [2.24, 2.45) is 0 Å². The third-order valence-corrected chi connectivity index (χ3v) is 4.92. The van der Waals surface area contributed by atoms with Crippen molar-refractivity contribution in [2.75, 3.05) is 0 Å². The van der Waals surface area contributed by atoms with E-state index in [9.17, 15) is 19.0 Å². The number of aliphatic hydroxyl groups is 2. The van der Waals surface area contributed by atoms with Crippen LogP contribution in [0.5, 0.6) is 0 Å². The molecule has 0 fully saturated rings. The number of aromatic nitrogens is 2. The average Bonchev–Trinajstić information content (AvgIpc) is 3.25. The zero-order valence-corrected chi connectivity index (χ0v) is 16.1. The van der Waals surface area contributed by atoms with Crippen LogP contribution in [0.2, 0.25) is 0 Å². The molecule has 5 nitrogen and oxygen atoms in total. The van der Waals surface area contributed by atoms with Gasteiger partial charge in [-0.2, -0.15) is 4.98 Å². The smallest absolute Gasteiger partial charge is 0.258 e. The lowest BCUT2D eigenvalue weighted by atomic mass is 9.98. The van der Waals surface area contributed by atoms with Gasteiger partial charge < -0.3 is 14.7 Å². The average molecular weight is 408 g/mol. The van der Waals surface area contributed by atoms with Crippen LogP contribution >= 0.6 is 0 Å². The van der Waals surface area contributed by atoms with Crippen LogP contribution in [0.1, 0.15) is 16.7 Å². The van der Waals surface area contributed by atoms with Crippen molar-refractivity contribution in [1.82, 2.24) is 10.1 Å². The SMILES string of the molecule is Cc1cc(-c2nc(-c3ccc(CO)c(CO)c3)no2)ccc1-c1cc(F)ccc1F. The van der Waals surface area contributed by atoms with Gasteiger partial charge in [0.25, 0.3) is 5.89 Å². The van der Waals surface area contributed by atoms with E-state index in [0.29, 0.717) is 33.6 Å². The van der Waals surface area contributed by atoms with Crippen molar-refractivity contribution in [3.8, 4) is 34.0 Å². The van der Waals surface area contributed by atoms with Gasteiger partial charge >= 0.3 is 0 Å². The van der Waals surface area contributed by atoms with Crippen LogP contribution in [0.25, 0.3) is 34.0 Å². The molecule has 0 atom stereocenters. The van der Waals surface area contributed by atoms with Crippen LogP contribution in [0, 0.1) is 18.6 Å². The van der Waals surface area contributed by atoms with E-state index in [1.807, 2.05) is 0 Å². The van der Waals surface area contributed by atoms with Crippen molar-refractivity contribution in [3.63, 3.8) is 0 Å². The number of hydrogen-bond donors (Lipinski definition) is 2. The minimum atomic E-state index is -0.508. The minimum Gasteiger partial charge on any atom is -0.392 e. The number of aliphatic hydroxyl groups excluding tert-OH is 2. The maximum absolute atomic E-state index is 14.1. The molecule has 152 valence electrons. The molecule has 7 heteroatoms. The first-order valence-corrected chi connectivity index (χ1v) is 9.24. The lowest BCUT2D eigenvalue weighted by Crippen LogP contribution is -1.95. The van der Waals surface area contributed by atoms with Crippen molar-refractivity contribution in [1.29, 1.82) is 0 Å². The molecule has 0 unspecified atom stereocenters. The lowest BCUT2D eigenvalue weighted by molar-refractivity contribution is 0.260. The molecule has 0 amide bonds. The molecule has 0 aliphatic carbocycles. The highest BCUT2D eigenvalue weighted by molar-refractivity contribution is 5.72. The molecule has 0 saturated carbocycles. The van der Waals surface area contributed by atoms with Gasteiger partial charge in [-0.1, -0.05) is 23.4 Å². The molecule has 0 aliphatic rings. The van der Waals surface area contributed by atoms with Gasteiger partial charge in [-0.15, -0.1) is 0 Å². The predicted octanol–water partition coefficient (Wildman–Crippen LogP) is 4.64. The van der Waals surface area contributed by atoms with Gasteiger partial charge in [0.2, 0.25) is 5.82 Å². The summed E-state index contributed by atoms with van der Waals surface area (Å²) < 4.78 is 33.0.